The van der Waals surface area contributed by atoms with E-state index in [-0.39, 0.29) is 16.1 Å². The fourth-order valence-electron chi connectivity index (χ4n) is 1.49. The van der Waals surface area contributed by atoms with Gasteiger partial charge in [0.2, 0.25) is 0 Å². The number of nitrogens with one attached hydrogen (secondary N) is 1. The molecule has 1 amide bonds. The minimum atomic E-state index is -4.56. The molecule has 1 N–H and O–H groups in total. The molecule has 0 aliphatic heterocycles. The average molecular weight is 403 g/mol. The van der Waals surface area contributed by atoms with Crippen molar-refractivity contribution < 1.29 is 18.0 Å². The summed E-state index contributed by atoms with van der Waals surface area (Å²) in [6.07, 6.45) is -3.92. The van der Waals surface area contributed by atoms with E-state index in [9.17, 15) is 18.0 Å². The zero-order valence-electron chi connectivity index (χ0n) is 10.0. The molecule has 0 aliphatic rings. The zero-order valence-corrected chi connectivity index (χ0v) is 13.2. The molecule has 0 saturated heterocycles. The van der Waals surface area contributed by atoms with E-state index < -0.39 is 17.6 Å². The Bertz CT molecular complexity index is 463. The maximum atomic E-state index is 12.9. The monoisotopic (exact) mass is 401 g/mol. The van der Waals surface area contributed by atoms with Crippen molar-refractivity contribution in [2.45, 2.75) is 25.6 Å². The second kappa shape index (κ2) is 6.74. The first-order valence-corrected chi connectivity index (χ1v) is 7.40. The van der Waals surface area contributed by atoms with Gasteiger partial charge in [-0.2, -0.15) is 13.2 Å². The molecule has 0 saturated carbocycles. The lowest BCUT2D eigenvalue weighted by Gasteiger charge is -2.16. The van der Waals surface area contributed by atoms with Gasteiger partial charge in [0.15, 0.2) is 0 Å². The minimum Gasteiger partial charge on any atom is -0.350 e. The van der Waals surface area contributed by atoms with Crippen LogP contribution in [0.15, 0.2) is 22.7 Å². The Morgan fingerprint density at radius 3 is 2.58 bits per heavy atom. The number of halogens is 5. The molecule has 1 rings (SSSR count). The van der Waals surface area contributed by atoms with Gasteiger partial charge in [0.25, 0.3) is 5.91 Å². The number of hydrogen-bond acceptors (Lipinski definition) is 1. The van der Waals surface area contributed by atoms with E-state index in [1.165, 1.54) is 12.1 Å². The van der Waals surface area contributed by atoms with Gasteiger partial charge in [0.1, 0.15) is 0 Å². The molecular weight excluding hydrogens is 391 g/mol. The highest BCUT2D eigenvalue weighted by molar-refractivity contribution is 9.10. The molecule has 0 aromatic heterocycles. The number of hydrogen-bond donors (Lipinski definition) is 1. The van der Waals surface area contributed by atoms with Crippen LogP contribution in [-0.4, -0.2) is 17.3 Å². The van der Waals surface area contributed by atoms with Crippen LogP contribution in [0.4, 0.5) is 13.2 Å². The summed E-state index contributed by atoms with van der Waals surface area (Å²) in [6.45, 7) is 1.74. The number of alkyl halides is 4. The van der Waals surface area contributed by atoms with Gasteiger partial charge < -0.3 is 5.32 Å². The van der Waals surface area contributed by atoms with E-state index >= 15 is 0 Å². The number of carbonyl (C=O) groups is 1. The number of carbonyl (C=O) groups excluding carboxylic acids is 1. The van der Waals surface area contributed by atoms with Gasteiger partial charge in [0.05, 0.1) is 11.1 Å². The molecular formula is C12H12Br2F3NO. The first-order valence-electron chi connectivity index (χ1n) is 5.49. The SMILES string of the molecule is CC(CCBr)NC(=O)c1ccc(Br)cc1C(F)(F)F. The lowest BCUT2D eigenvalue weighted by Crippen LogP contribution is -2.34. The number of rotatable bonds is 4. The Morgan fingerprint density at radius 2 is 2.05 bits per heavy atom. The summed E-state index contributed by atoms with van der Waals surface area (Å²) in [4.78, 5) is 11.9. The quantitative estimate of drug-likeness (QED) is 0.744. The Labute approximate surface area is 126 Å². The summed E-state index contributed by atoms with van der Waals surface area (Å²) < 4.78 is 38.9. The molecule has 0 bridgehead atoms. The van der Waals surface area contributed by atoms with Crippen molar-refractivity contribution in [2.24, 2.45) is 0 Å². The standard InChI is InChI=1S/C12H12Br2F3NO/c1-7(4-5-13)18-11(19)9-3-2-8(14)6-10(9)12(15,16)17/h2-3,6-7H,4-5H2,1H3,(H,18,19). The van der Waals surface area contributed by atoms with E-state index in [0.717, 1.165) is 6.07 Å². The molecule has 7 heteroatoms. The lowest BCUT2D eigenvalue weighted by molar-refractivity contribution is -0.138. The van der Waals surface area contributed by atoms with Crippen LogP contribution in [0.1, 0.15) is 29.3 Å². The van der Waals surface area contributed by atoms with E-state index in [1.54, 1.807) is 6.92 Å². The molecule has 0 heterocycles. The van der Waals surface area contributed by atoms with Gasteiger partial charge >= 0.3 is 6.18 Å². The molecule has 19 heavy (non-hydrogen) atoms. The van der Waals surface area contributed by atoms with Crippen molar-refractivity contribution in [3.8, 4) is 0 Å². The van der Waals surface area contributed by atoms with Gasteiger partial charge in [0, 0.05) is 15.8 Å². The Hall–Kier alpha value is -0.560. The van der Waals surface area contributed by atoms with Gasteiger partial charge in [-0.1, -0.05) is 31.9 Å². The summed E-state index contributed by atoms with van der Waals surface area (Å²) in [6, 6.07) is 3.29. The Balaban J connectivity index is 3.03. The number of amides is 1. The first kappa shape index (κ1) is 16.5. The molecule has 1 aromatic rings. The molecule has 1 atom stereocenters. The number of benzene rings is 1. The summed E-state index contributed by atoms with van der Waals surface area (Å²) in [5.74, 6) is -0.715. The van der Waals surface area contributed by atoms with Crippen LogP contribution in [0.2, 0.25) is 0 Å². The van der Waals surface area contributed by atoms with Crippen LogP contribution in [0.3, 0.4) is 0 Å². The van der Waals surface area contributed by atoms with E-state index in [0.29, 0.717) is 11.8 Å². The Morgan fingerprint density at radius 1 is 1.42 bits per heavy atom. The highest BCUT2D eigenvalue weighted by atomic mass is 79.9. The zero-order chi connectivity index (χ0) is 14.6. The summed E-state index contributed by atoms with van der Waals surface area (Å²) in [5.41, 5.74) is -1.30. The van der Waals surface area contributed by atoms with Crippen LogP contribution >= 0.6 is 31.9 Å². The van der Waals surface area contributed by atoms with Crippen molar-refractivity contribution in [1.82, 2.24) is 5.32 Å². The molecule has 106 valence electrons. The third-order valence-corrected chi connectivity index (χ3v) is 3.40. The smallest absolute Gasteiger partial charge is 0.350 e. The second-order valence-electron chi connectivity index (χ2n) is 4.04. The molecule has 0 fully saturated rings. The predicted octanol–water partition coefficient (Wildman–Crippen LogP) is 4.37. The molecule has 0 aliphatic carbocycles. The second-order valence-corrected chi connectivity index (χ2v) is 5.75. The van der Waals surface area contributed by atoms with E-state index in [1.807, 2.05) is 0 Å². The fraction of sp³-hybridized carbons (Fsp3) is 0.417. The highest BCUT2D eigenvalue weighted by Gasteiger charge is 2.35. The largest absolute Gasteiger partial charge is 0.417 e. The van der Waals surface area contributed by atoms with Gasteiger partial charge in [-0.15, -0.1) is 0 Å². The molecule has 0 spiro atoms. The van der Waals surface area contributed by atoms with E-state index in [4.69, 9.17) is 0 Å². The van der Waals surface area contributed by atoms with Gasteiger partial charge in [-0.05, 0) is 31.5 Å². The van der Waals surface area contributed by atoms with Crippen molar-refractivity contribution in [3.05, 3.63) is 33.8 Å². The maximum Gasteiger partial charge on any atom is 0.417 e. The van der Waals surface area contributed by atoms with Crippen LogP contribution in [-0.2, 0) is 6.18 Å². The minimum absolute atomic E-state index is 0.198. The lowest BCUT2D eigenvalue weighted by atomic mass is 10.1. The third-order valence-electron chi connectivity index (χ3n) is 2.45. The molecule has 2 nitrogen and oxygen atoms in total. The van der Waals surface area contributed by atoms with Crippen LogP contribution < -0.4 is 5.32 Å². The van der Waals surface area contributed by atoms with Crippen LogP contribution in [0.25, 0.3) is 0 Å². The summed E-state index contributed by atoms with van der Waals surface area (Å²) in [5, 5.41) is 3.21. The van der Waals surface area contributed by atoms with Crippen molar-refractivity contribution >= 4 is 37.8 Å². The molecule has 1 unspecified atom stereocenters. The predicted molar refractivity (Wildman–Crippen MR) is 74.5 cm³/mol. The first-order chi connectivity index (χ1) is 8.75. The summed E-state index contributed by atoms with van der Waals surface area (Å²) in [7, 11) is 0. The van der Waals surface area contributed by atoms with Gasteiger partial charge in [-0.3, -0.25) is 4.79 Å². The normalized spacial score (nSPS) is 13.2. The summed E-state index contributed by atoms with van der Waals surface area (Å²) >= 11 is 6.19. The molecule has 1 aromatic carbocycles. The van der Waals surface area contributed by atoms with Crippen LogP contribution in [0, 0.1) is 0 Å². The van der Waals surface area contributed by atoms with Crippen LogP contribution in [0.5, 0.6) is 0 Å². The topological polar surface area (TPSA) is 29.1 Å². The third kappa shape index (κ3) is 4.80. The Kier molecular flexibility index (Phi) is 5.85. The van der Waals surface area contributed by atoms with Gasteiger partial charge in [-0.25, -0.2) is 0 Å². The fourth-order valence-corrected chi connectivity index (χ4v) is 2.53. The van der Waals surface area contributed by atoms with E-state index in [2.05, 4.69) is 37.2 Å². The van der Waals surface area contributed by atoms with Crippen molar-refractivity contribution in [3.63, 3.8) is 0 Å². The van der Waals surface area contributed by atoms with Crippen molar-refractivity contribution in [1.29, 1.82) is 0 Å². The average Bonchev–Trinajstić information content (AvgIpc) is 2.27. The van der Waals surface area contributed by atoms with Crippen molar-refractivity contribution in [2.75, 3.05) is 5.33 Å². The highest BCUT2D eigenvalue weighted by Crippen LogP contribution is 2.33. The molecule has 0 radical (unpaired) electrons. The maximum absolute atomic E-state index is 12.9.